The summed E-state index contributed by atoms with van der Waals surface area (Å²) >= 11 is 0. The Labute approximate surface area is 41.0 Å². The Morgan fingerprint density at radius 3 is 2.71 bits per heavy atom. The van der Waals surface area contributed by atoms with E-state index >= 15 is 0 Å². The van der Waals surface area contributed by atoms with E-state index in [-0.39, 0.29) is 0 Å². The number of hydrogen-bond donors (Lipinski definition) is 1. The molecule has 4 nitrogen and oxygen atoms in total. The van der Waals surface area contributed by atoms with E-state index in [1.54, 1.807) is 12.4 Å². The first-order chi connectivity index (χ1) is 3.27. The van der Waals surface area contributed by atoms with E-state index in [1.807, 2.05) is 0 Å². The maximum Gasteiger partial charge on any atom is 0.159 e. The molecule has 0 spiro atoms. The van der Waals surface area contributed by atoms with E-state index in [0.29, 0.717) is 6.61 Å². The molecule has 0 atom stereocenters. The molecule has 0 aliphatic carbocycles. The van der Waals surface area contributed by atoms with Crippen LogP contribution in [0.15, 0.2) is 0 Å². The lowest BCUT2D eigenvalue weighted by molar-refractivity contribution is -0.263. The van der Waals surface area contributed by atoms with Crippen molar-refractivity contribution in [1.82, 2.24) is 5.48 Å². The van der Waals surface area contributed by atoms with E-state index in [0.717, 1.165) is 0 Å². The summed E-state index contributed by atoms with van der Waals surface area (Å²) in [5.74, 6) is 0. The number of rotatable bonds is 2. The highest BCUT2D eigenvalue weighted by atomic mass is 16.7. The van der Waals surface area contributed by atoms with Gasteiger partial charge in [-0.15, -0.1) is 0 Å². The summed E-state index contributed by atoms with van der Waals surface area (Å²) in [7, 11) is 0. The van der Waals surface area contributed by atoms with Gasteiger partial charge in [0, 0.05) is 0 Å². The van der Waals surface area contributed by atoms with Crippen molar-refractivity contribution in [3.63, 3.8) is 0 Å². The van der Waals surface area contributed by atoms with Gasteiger partial charge in [0.2, 0.25) is 0 Å². The van der Waals surface area contributed by atoms with Gasteiger partial charge in [-0.3, -0.25) is 10.3 Å². The smallest absolute Gasteiger partial charge is 0.159 e. The molecule has 0 fully saturated rings. The number of carboxylic acid groups (broad SMARTS) is 1. The summed E-state index contributed by atoms with van der Waals surface area (Å²) in [5.41, 5.74) is 1.60. The van der Waals surface area contributed by atoms with Crippen molar-refractivity contribution in [2.45, 2.75) is 6.92 Å². The van der Waals surface area contributed by atoms with E-state index in [2.05, 4.69) is 4.84 Å². The molecular weight excluding hydrogens is 98.0 g/mol. The SMILES string of the molecule is CCONC(=O)[O-]. The highest BCUT2D eigenvalue weighted by Crippen LogP contribution is 1.59. The van der Waals surface area contributed by atoms with E-state index in [4.69, 9.17) is 0 Å². The van der Waals surface area contributed by atoms with Crippen LogP contribution in [0.4, 0.5) is 4.79 Å². The highest BCUT2D eigenvalue weighted by Gasteiger charge is 1.74. The van der Waals surface area contributed by atoms with Crippen LogP contribution >= 0.6 is 0 Å². The minimum absolute atomic E-state index is 0.313. The third-order valence-electron chi connectivity index (χ3n) is 0.300. The van der Waals surface area contributed by atoms with Crippen molar-refractivity contribution in [1.29, 1.82) is 0 Å². The standard InChI is InChI=1S/C3H7NO3/c1-2-7-4-3(5)6/h4H,2H2,1H3,(H,5,6)/p-1. The third kappa shape index (κ3) is 5.23. The topological polar surface area (TPSA) is 61.4 Å². The number of nitrogens with one attached hydrogen (secondary N) is 1. The minimum atomic E-state index is -1.41. The zero-order valence-corrected chi connectivity index (χ0v) is 3.93. The molecule has 0 saturated carbocycles. The van der Waals surface area contributed by atoms with Crippen molar-refractivity contribution < 1.29 is 14.7 Å². The van der Waals surface area contributed by atoms with Crippen LogP contribution in [-0.2, 0) is 4.84 Å². The van der Waals surface area contributed by atoms with E-state index in [9.17, 15) is 9.90 Å². The van der Waals surface area contributed by atoms with Gasteiger partial charge >= 0.3 is 0 Å². The molecular formula is C3H6NO3-. The van der Waals surface area contributed by atoms with Crippen LogP contribution in [0.1, 0.15) is 6.92 Å². The predicted molar refractivity (Wildman–Crippen MR) is 20.2 cm³/mol. The fourth-order valence-corrected chi connectivity index (χ4v) is 0.131. The van der Waals surface area contributed by atoms with Crippen molar-refractivity contribution in [3.8, 4) is 0 Å². The first kappa shape index (κ1) is 6.23. The Hall–Kier alpha value is -0.770. The molecule has 0 unspecified atom stereocenters. The molecule has 0 aliphatic heterocycles. The summed E-state index contributed by atoms with van der Waals surface area (Å²) in [6.07, 6.45) is -1.41. The van der Waals surface area contributed by atoms with E-state index in [1.165, 1.54) is 0 Å². The third-order valence-corrected chi connectivity index (χ3v) is 0.300. The lowest BCUT2D eigenvalue weighted by atomic mass is 10.9. The van der Waals surface area contributed by atoms with Gasteiger partial charge in [-0.05, 0) is 6.92 Å². The molecule has 0 radical (unpaired) electrons. The summed E-state index contributed by atoms with van der Waals surface area (Å²) < 4.78 is 0. The number of hydroxylamine groups is 1. The molecule has 0 heterocycles. The summed E-state index contributed by atoms with van der Waals surface area (Å²) in [4.78, 5) is 13.6. The number of amides is 1. The average Bonchev–Trinajstić information content (AvgIpc) is 1.61. The first-order valence-electron chi connectivity index (χ1n) is 1.86. The van der Waals surface area contributed by atoms with Crippen molar-refractivity contribution in [2.24, 2.45) is 0 Å². The van der Waals surface area contributed by atoms with Crippen LogP contribution in [0.3, 0.4) is 0 Å². The number of carbonyl (C=O) groups is 1. The molecule has 1 amide bonds. The van der Waals surface area contributed by atoms with Crippen molar-refractivity contribution in [3.05, 3.63) is 0 Å². The first-order valence-corrected chi connectivity index (χ1v) is 1.86. The van der Waals surface area contributed by atoms with Crippen molar-refractivity contribution in [2.75, 3.05) is 6.61 Å². The Kier molecular flexibility index (Phi) is 3.04. The zero-order chi connectivity index (χ0) is 5.70. The van der Waals surface area contributed by atoms with Gasteiger partial charge in [0.1, 0.15) is 0 Å². The number of carbonyl (C=O) groups excluding carboxylic acids is 1. The average molecular weight is 104 g/mol. The largest absolute Gasteiger partial charge is 0.528 e. The number of hydrogen-bond acceptors (Lipinski definition) is 3. The lowest BCUT2D eigenvalue weighted by Crippen LogP contribution is -2.36. The molecule has 0 aliphatic rings. The lowest BCUT2D eigenvalue weighted by Gasteiger charge is -2.01. The van der Waals surface area contributed by atoms with E-state index < -0.39 is 6.09 Å². The maximum atomic E-state index is 9.41. The Balaban J connectivity index is 2.82. The quantitative estimate of drug-likeness (QED) is 0.451. The molecule has 1 N–H and O–H groups in total. The van der Waals surface area contributed by atoms with Crippen LogP contribution in [0.2, 0.25) is 0 Å². The molecule has 0 rings (SSSR count). The van der Waals surface area contributed by atoms with Gasteiger partial charge in [0.25, 0.3) is 0 Å². The molecule has 42 valence electrons. The van der Waals surface area contributed by atoms with Crippen molar-refractivity contribution >= 4 is 6.09 Å². The molecule has 0 saturated heterocycles. The van der Waals surface area contributed by atoms with Gasteiger partial charge < -0.3 is 9.90 Å². The fraction of sp³-hybridized carbons (Fsp3) is 0.667. The summed E-state index contributed by atoms with van der Waals surface area (Å²) in [5, 5.41) is 9.41. The molecule has 0 bridgehead atoms. The van der Waals surface area contributed by atoms with Crippen LogP contribution < -0.4 is 10.6 Å². The maximum absolute atomic E-state index is 9.41. The zero-order valence-electron chi connectivity index (χ0n) is 3.93. The van der Waals surface area contributed by atoms with Gasteiger partial charge in [-0.1, -0.05) is 0 Å². The summed E-state index contributed by atoms with van der Waals surface area (Å²) in [6, 6.07) is 0. The Morgan fingerprint density at radius 2 is 2.57 bits per heavy atom. The van der Waals surface area contributed by atoms with Crippen LogP contribution in [0.5, 0.6) is 0 Å². The second kappa shape index (κ2) is 3.42. The Bertz CT molecular complexity index is 63.2. The fourth-order valence-electron chi connectivity index (χ4n) is 0.131. The second-order valence-electron chi connectivity index (χ2n) is 0.823. The molecule has 0 aromatic carbocycles. The summed E-state index contributed by atoms with van der Waals surface area (Å²) in [6.45, 7) is 1.98. The molecule has 0 aromatic heterocycles. The molecule has 4 heteroatoms. The monoisotopic (exact) mass is 104 g/mol. The normalized spacial score (nSPS) is 8.14. The van der Waals surface area contributed by atoms with Gasteiger partial charge in [-0.2, -0.15) is 0 Å². The second-order valence-corrected chi connectivity index (χ2v) is 0.823. The van der Waals surface area contributed by atoms with Crippen LogP contribution in [0.25, 0.3) is 0 Å². The van der Waals surface area contributed by atoms with Gasteiger partial charge in [-0.25, -0.2) is 0 Å². The minimum Gasteiger partial charge on any atom is -0.528 e. The van der Waals surface area contributed by atoms with Gasteiger partial charge in [0.15, 0.2) is 6.09 Å². The van der Waals surface area contributed by atoms with Crippen LogP contribution in [0, 0.1) is 0 Å². The highest BCUT2D eigenvalue weighted by molar-refractivity contribution is 5.60. The molecule has 0 aromatic rings. The van der Waals surface area contributed by atoms with Gasteiger partial charge in [0.05, 0.1) is 6.61 Å². The molecule has 7 heavy (non-hydrogen) atoms. The van der Waals surface area contributed by atoms with Crippen LogP contribution in [-0.4, -0.2) is 12.7 Å². The Morgan fingerprint density at radius 1 is 2.00 bits per heavy atom. The predicted octanol–water partition coefficient (Wildman–Crippen LogP) is -1.13.